The molecule has 0 aliphatic rings. The third-order valence-corrected chi connectivity index (χ3v) is 5.54. The molecule has 2 aromatic carbocycles. The molecule has 0 saturated heterocycles. The molecule has 0 aliphatic carbocycles. The zero-order chi connectivity index (χ0) is 16.7. The fraction of sp³-hybridized carbons (Fsp3) is 0.111. The second-order valence-corrected chi connectivity index (χ2v) is 7.47. The molecule has 0 fully saturated rings. The third-order valence-electron chi connectivity index (χ3n) is 3.92. The smallest absolute Gasteiger partial charge is 0.303 e. The number of imidazole rings is 1. The maximum absolute atomic E-state index is 11.0. The van der Waals surface area contributed by atoms with Crippen LogP contribution in [0, 0.1) is 0 Å². The molecular weight excluding hydrogens is 388 g/mol. The minimum Gasteiger partial charge on any atom is -0.481 e. The highest BCUT2D eigenvalue weighted by atomic mass is 79.9. The number of fused-ring (bicyclic) bond motifs is 3. The molecule has 0 atom stereocenters. The van der Waals surface area contributed by atoms with Crippen molar-refractivity contribution in [3.05, 3.63) is 57.9 Å². The van der Waals surface area contributed by atoms with Gasteiger partial charge in [-0.2, -0.15) is 0 Å². The SMILES string of the molecule is O=C(O)CCc1sc2nc3ccccc3n2c1-c1ccc(Br)cc1. The molecule has 4 rings (SSSR count). The maximum atomic E-state index is 11.0. The molecule has 2 aromatic heterocycles. The normalized spacial score (nSPS) is 11.4. The number of aromatic nitrogens is 2. The number of nitrogens with zero attached hydrogens (tertiary/aromatic N) is 2. The van der Waals surface area contributed by atoms with Gasteiger partial charge in [0.25, 0.3) is 0 Å². The van der Waals surface area contributed by atoms with Crippen LogP contribution in [-0.4, -0.2) is 20.5 Å². The van der Waals surface area contributed by atoms with Crippen LogP contribution in [0.4, 0.5) is 0 Å². The fourth-order valence-corrected chi connectivity index (χ4v) is 4.28. The van der Waals surface area contributed by atoms with Gasteiger partial charge >= 0.3 is 5.97 Å². The van der Waals surface area contributed by atoms with Crippen LogP contribution in [0.2, 0.25) is 0 Å². The molecular formula is C18H13BrN2O2S. The van der Waals surface area contributed by atoms with Crippen molar-refractivity contribution in [1.29, 1.82) is 0 Å². The van der Waals surface area contributed by atoms with Crippen LogP contribution in [0.25, 0.3) is 27.3 Å². The first-order valence-corrected chi connectivity index (χ1v) is 9.11. The summed E-state index contributed by atoms with van der Waals surface area (Å²) < 4.78 is 3.15. The van der Waals surface area contributed by atoms with Crippen LogP contribution in [0.3, 0.4) is 0 Å². The minimum absolute atomic E-state index is 0.116. The number of rotatable bonds is 4. The molecule has 24 heavy (non-hydrogen) atoms. The van der Waals surface area contributed by atoms with E-state index in [1.54, 1.807) is 11.3 Å². The van der Waals surface area contributed by atoms with Gasteiger partial charge in [-0.05, 0) is 36.2 Å². The fourth-order valence-electron chi connectivity index (χ4n) is 2.86. The summed E-state index contributed by atoms with van der Waals surface area (Å²) in [5.74, 6) is -0.785. The summed E-state index contributed by atoms with van der Waals surface area (Å²) in [4.78, 5) is 17.6. The van der Waals surface area contributed by atoms with Crippen molar-refractivity contribution < 1.29 is 9.90 Å². The van der Waals surface area contributed by atoms with E-state index in [4.69, 9.17) is 10.1 Å². The largest absolute Gasteiger partial charge is 0.481 e. The van der Waals surface area contributed by atoms with Crippen LogP contribution >= 0.6 is 27.3 Å². The monoisotopic (exact) mass is 400 g/mol. The number of para-hydroxylation sites is 2. The molecule has 0 aliphatic heterocycles. The molecule has 0 unspecified atom stereocenters. The average Bonchev–Trinajstić information content (AvgIpc) is 3.09. The van der Waals surface area contributed by atoms with Gasteiger partial charge in [-0.3, -0.25) is 9.20 Å². The molecule has 120 valence electrons. The lowest BCUT2D eigenvalue weighted by molar-refractivity contribution is -0.136. The van der Waals surface area contributed by atoms with Crippen molar-refractivity contribution in [3.8, 4) is 11.3 Å². The number of hydrogen-bond donors (Lipinski definition) is 1. The molecule has 0 bridgehead atoms. The van der Waals surface area contributed by atoms with Gasteiger partial charge in [-0.15, -0.1) is 11.3 Å². The molecule has 1 N–H and O–H groups in total. The Labute approximate surface area is 150 Å². The summed E-state index contributed by atoms with van der Waals surface area (Å²) in [6, 6.07) is 16.1. The molecule has 6 heteroatoms. The Morgan fingerprint density at radius 1 is 1.17 bits per heavy atom. The van der Waals surface area contributed by atoms with E-state index in [0.717, 1.165) is 36.6 Å². The number of halogens is 1. The quantitative estimate of drug-likeness (QED) is 0.524. The second kappa shape index (κ2) is 6.03. The van der Waals surface area contributed by atoms with E-state index in [2.05, 4.69) is 20.3 Å². The lowest BCUT2D eigenvalue weighted by atomic mass is 10.1. The molecule has 0 radical (unpaired) electrons. The van der Waals surface area contributed by atoms with Crippen molar-refractivity contribution in [3.63, 3.8) is 0 Å². The Balaban J connectivity index is 1.98. The van der Waals surface area contributed by atoms with E-state index in [1.165, 1.54) is 0 Å². The molecule has 0 saturated carbocycles. The number of aliphatic carboxylic acids is 1. The topological polar surface area (TPSA) is 54.6 Å². The van der Waals surface area contributed by atoms with Gasteiger partial charge in [-0.1, -0.05) is 40.2 Å². The lowest BCUT2D eigenvalue weighted by Gasteiger charge is -2.06. The molecule has 4 aromatic rings. The van der Waals surface area contributed by atoms with Crippen molar-refractivity contribution in [1.82, 2.24) is 9.38 Å². The van der Waals surface area contributed by atoms with Gasteiger partial charge in [0.05, 0.1) is 23.1 Å². The zero-order valence-corrected chi connectivity index (χ0v) is 15.0. The zero-order valence-electron chi connectivity index (χ0n) is 12.6. The molecule has 2 heterocycles. The van der Waals surface area contributed by atoms with E-state index in [-0.39, 0.29) is 6.42 Å². The summed E-state index contributed by atoms with van der Waals surface area (Å²) in [6.45, 7) is 0. The van der Waals surface area contributed by atoms with E-state index < -0.39 is 5.97 Å². The molecule has 0 amide bonds. The lowest BCUT2D eigenvalue weighted by Crippen LogP contribution is -1.98. The second-order valence-electron chi connectivity index (χ2n) is 5.49. The maximum Gasteiger partial charge on any atom is 0.303 e. The van der Waals surface area contributed by atoms with E-state index in [9.17, 15) is 4.79 Å². The van der Waals surface area contributed by atoms with Crippen molar-refractivity contribution >= 4 is 49.2 Å². The van der Waals surface area contributed by atoms with Gasteiger partial charge in [0.15, 0.2) is 4.96 Å². The van der Waals surface area contributed by atoms with Gasteiger partial charge < -0.3 is 5.11 Å². The number of carboxylic acids is 1. The number of carbonyl (C=O) groups is 1. The average molecular weight is 401 g/mol. The Kier molecular flexibility index (Phi) is 3.86. The van der Waals surface area contributed by atoms with Crippen LogP contribution < -0.4 is 0 Å². The van der Waals surface area contributed by atoms with Crippen LogP contribution in [0.15, 0.2) is 53.0 Å². The Hall–Kier alpha value is -2.18. The highest BCUT2D eigenvalue weighted by Gasteiger charge is 2.18. The first-order chi connectivity index (χ1) is 11.6. The van der Waals surface area contributed by atoms with Gasteiger partial charge in [-0.25, -0.2) is 4.98 Å². The summed E-state index contributed by atoms with van der Waals surface area (Å²) in [6.07, 6.45) is 0.619. The van der Waals surface area contributed by atoms with Crippen molar-refractivity contribution in [2.45, 2.75) is 12.8 Å². The standard InChI is InChI=1S/C18H13BrN2O2S/c19-12-7-5-11(6-8-12)17-15(9-10-16(22)23)24-18-20-13-3-1-2-4-14(13)21(17)18/h1-8H,9-10H2,(H,22,23). The van der Waals surface area contributed by atoms with Crippen molar-refractivity contribution in [2.75, 3.05) is 0 Å². The predicted molar refractivity (Wildman–Crippen MR) is 99.7 cm³/mol. The van der Waals surface area contributed by atoms with Crippen molar-refractivity contribution in [2.24, 2.45) is 0 Å². The number of benzene rings is 2. The van der Waals surface area contributed by atoms with Crippen LogP contribution in [-0.2, 0) is 11.2 Å². The number of aryl methyl sites for hydroxylation is 1. The highest BCUT2D eigenvalue weighted by Crippen LogP contribution is 2.36. The summed E-state index contributed by atoms with van der Waals surface area (Å²) >= 11 is 5.03. The predicted octanol–water partition coefficient (Wildman–Crippen LogP) is 5.00. The molecule has 4 nitrogen and oxygen atoms in total. The number of carboxylic acid groups (broad SMARTS) is 1. The Morgan fingerprint density at radius 2 is 1.92 bits per heavy atom. The highest BCUT2D eigenvalue weighted by molar-refractivity contribution is 9.10. The molecule has 0 spiro atoms. The van der Waals surface area contributed by atoms with Crippen LogP contribution in [0.1, 0.15) is 11.3 Å². The van der Waals surface area contributed by atoms with Crippen LogP contribution in [0.5, 0.6) is 0 Å². The van der Waals surface area contributed by atoms with Gasteiger partial charge in [0.2, 0.25) is 0 Å². The third kappa shape index (κ3) is 2.61. The van der Waals surface area contributed by atoms with E-state index in [1.807, 2.05) is 48.5 Å². The summed E-state index contributed by atoms with van der Waals surface area (Å²) in [5.41, 5.74) is 4.10. The minimum atomic E-state index is -0.785. The number of thiazole rings is 1. The Morgan fingerprint density at radius 3 is 2.67 bits per heavy atom. The summed E-state index contributed by atoms with van der Waals surface area (Å²) in [7, 11) is 0. The van der Waals surface area contributed by atoms with Gasteiger partial charge in [0, 0.05) is 9.35 Å². The van der Waals surface area contributed by atoms with Gasteiger partial charge in [0.1, 0.15) is 0 Å². The first kappa shape index (κ1) is 15.4. The summed E-state index contributed by atoms with van der Waals surface area (Å²) in [5, 5.41) is 9.05. The first-order valence-electron chi connectivity index (χ1n) is 7.50. The van der Waals surface area contributed by atoms with E-state index in [0.29, 0.717) is 6.42 Å². The van der Waals surface area contributed by atoms with E-state index >= 15 is 0 Å². The Bertz CT molecular complexity index is 1050. The number of hydrogen-bond acceptors (Lipinski definition) is 3.